The van der Waals surface area contributed by atoms with Gasteiger partial charge in [0, 0.05) is 0 Å². The zero-order valence-corrected chi connectivity index (χ0v) is 44.6. The van der Waals surface area contributed by atoms with Gasteiger partial charge in [-0.15, -0.1) is 0 Å². The van der Waals surface area contributed by atoms with Crippen LogP contribution in [-0.4, -0.2) is 13.2 Å². The maximum Gasteiger partial charge on any atom is 1.00 e. The fourth-order valence-electron chi connectivity index (χ4n) is 3.81. The van der Waals surface area contributed by atoms with Gasteiger partial charge >= 0.3 is 118 Å². The third-order valence-corrected chi connectivity index (χ3v) is 7.60. The summed E-state index contributed by atoms with van der Waals surface area (Å²) in [6.07, 6.45) is 39.4. The smallest absolute Gasteiger partial charge is 0.790 e. The van der Waals surface area contributed by atoms with E-state index < -0.39 is 15.6 Å². The van der Waals surface area contributed by atoms with Gasteiger partial charge < -0.3 is 37.8 Å². The molecule has 0 aromatic carbocycles. The van der Waals surface area contributed by atoms with Crippen LogP contribution in [0.15, 0.2) is 154 Å². The van der Waals surface area contributed by atoms with Crippen LogP contribution in [0.3, 0.4) is 0 Å². The average Bonchev–Trinajstić information content (AvgIpc) is 3.00. The first kappa shape index (κ1) is 64.0. The van der Waals surface area contributed by atoms with Gasteiger partial charge in [-0.25, -0.2) is 0 Å². The summed E-state index contributed by atoms with van der Waals surface area (Å²) in [5.41, 5.74) is 8.26. The van der Waals surface area contributed by atoms with Crippen molar-refractivity contribution < 1.29 is 156 Å². The van der Waals surface area contributed by atoms with Crippen LogP contribution in [0.4, 0.5) is 0 Å². The first-order valence-corrected chi connectivity index (χ1v) is 19.3. The van der Waals surface area contributed by atoms with Crippen LogP contribution >= 0.6 is 15.6 Å². The van der Waals surface area contributed by atoms with Gasteiger partial charge in [-0.3, -0.25) is 0 Å². The number of phosphoric ester groups is 2. The van der Waals surface area contributed by atoms with Crippen LogP contribution < -0.4 is 138 Å². The van der Waals surface area contributed by atoms with Gasteiger partial charge in [0.25, 0.3) is 0 Å². The van der Waals surface area contributed by atoms with E-state index in [1.54, 1.807) is 13.8 Å². The first-order valence-electron chi connectivity index (χ1n) is 16.4. The van der Waals surface area contributed by atoms with Gasteiger partial charge in [0.05, 0.1) is 28.9 Å². The quantitative estimate of drug-likeness (QED) is 0.0477. The van der Waals surface area contributed by atoms with E-state index in [4.69, 9.17) is 0 Å². The van der Waals surface area contributed by atoms with Crippen molar-refractivity contribution in [1.82, 2.24) is 0 Å². The summed E-state index contributed by atoms with van der Waals surface area (Å²) in [6, 6.07) is 0. The fourth-order valence-corrected chi connectivity index (χ4v) is 4.53. The Hall–Kier alpha value is 0.840. The molecule has 0 fully saturated rings. The Labute approximate surface area is 414 Å². The van der Waals surface area contributed by atoms with Crippen molar-refractivity contribution >= 4 is 15.6 Å². The van der Waals surface area contributed by atoms with Gasteiger partial charge in [0.1, 0.15) is 0 Å². The summed E-state index contributed by atoms with van der Waals surface area (Å²) in [5, 5.41) is 0. The monoisotopic (exact) mass is 816 g/mol. The van der Waals surface area contributed by atoms with E-state index in [0.717, 1.165) is 48.0 Å². The van der Waals surface area contributed by atoms with Gasteiger partial charge in [0.15, 0.2) is 0 Å². The summed E-state index contributed by atoms with van der Waals surface area (Å²) in [4.78, 5) is 42.2. The van der Waals surface area contributed by atoms with Crippen LogP contribution in [0.5, 0.6) is 0 Å². The largest absolute Gasteiger partial charge is 1.00 e. The molecule has 0 aromatic rings. The standard InChI is InChI=1S/C40H58O8P2.4Na/c1-33(19-11-21-35(3)23-13-25-37(5)27-15-29-39(7)31-47-49(41,42)43)17-9-10-18-34(2)20-12-22-36(4)24-14-26-38(6)28-16-30-40(8)32-48-50(44,45)46;;;;/h9-14,17-26,29-30H,15-16,27-28,31-32H2,1-8H3,(H2,41,42,43)(H2,44,45,46);;;;/q;4*+1/p-4/b10-9+,19-11+,20-12+,23-13+,24-14+,33-17+,34-18+,35-21+,36-22+,37-25+,38-26+,39-29+,40-30+;;;;. The molecule has 0 saturated carbocycles. The molecule has 0 heterocycles. The van der Waals surface area contributed by atoms with Gasteiger partial charge in [0.2, 0.25) is 0 Å². The Morgan fingerprint density at radius 2 is 0.685 bits per heavy atom. The van der Waals surface area contributed by atoms with Crippen molar-refractivity contribution in [3.63, 3.8) is 0 Å². The maximum absolute atomic E-state index is 10.6. The molecule has 0 amide bonds. The molecule has 8 nitrogen and oxygen atoms in total. The molecule has 0 spiro atoms. The zero-order valence-electron chi connectivity index (χ0n) is 34.8. The molecule has 0 unspecified atom stereocenters. The Morgan fingerprint density at radius 1 is 0.426 bits per heavy atom. The second kappa shape index (κ2) is 38.1. The Bertz CT molecular complexity index is 1460. The molecule has 0 aliphatic carbocycles. The summed E-state index contributed by atoms with van der Waals surface area (Å²) in [7, 11) is -9.87. The number of allylic oxidation sites excluding steroid dienone is 24. The predicted molar refractivity (Wildman–Crippen MR) is 201 cm³/mol. The minimum Gasteiger partial charge on any atom is -0.790 e. The minimum absolute atomic E-state index is 0. The van der Waals surface area contributed by atoms with Crippen molar-refractivity contribution in [3.8, 4) is 0 Å². The number of hydrogen-bond donors (Lipinski definition) is 0. The topological polar surface area (TPSA) is 145 Å². The molecular formula is C40H54Na4O8P2. The SMILES string of the molecule is CC(/C=C/C=C(C)/C=C/C=C(\C)CC/C=C(\C)COP(=O)([O-])[O-])=C\C=C\C=C(C)\C=C\C=C(C)\C=C\C=C(/C)CC/C=C(\C)COP(=O)([O-])[O-].[Na+].[Na+].[Na+].[Na+]. The van der Waals surface area contributed by atoms with Crippen molar-refractivity contribution in [2.45, 2.75) is 81.1 Å². The average molecular weight is 817 g/mol. The molecule has 0 aliphatic heterocycles. The van der Waals surface area contributed by atoms with Crippen LogP contribution in [-0.2, 0) is 18.2 Å². The molecule has 0 saturated heterocycles. The molecular weight excluding hydrogens is 762 g/mol. The molecule has 0 atom stereocenters. The van der Waals surface area contributed by atoms with Crippen molar-refractivity contribution in [2.24, 2.45) is 0 Å². The number of phosphoric acid groups is 2. The van der Waals surface area contributed by atoms with Crippen LogP contribution in [0.2, 0.25) is 0 Å². The number of hydrogen-bond acceptors (Lipinski definition) is 8. The van der Waals surface area contributed by atoms with Gasteiger partial charge in [-0.05, 0) is 81.1 Å². The van der Waals surface area contributed by atoms with E-state index in [9.17, 15) is 28.7 Å². The second-order valence-electron chi connectivity index (χ2n) is 12.1. The molecule has 0 N–H and O–H groups in total. The predicted octanol–water partition coefficient (Wildman–Crippen LogP) is -3.40. The molecule has 276 valence electrons. The Kier molecular flexibility index (Phi) is 45.1. The molecule has 0 radical (unpaired) electrons. The summed E-state index contributed by atoms with van der Waals surface area (Å²) in [6.45, 7) is 15.3. The second-order valence-corrected chi connectivity index (χ2v) is 14.4. The minimum atomic E-state index is -4.93. The fraction of sp³-hybridized carbons (Fsp3) is 0.350. The molecule has 0 aromatic heterocycles. The molecule has 14 heteroatoms. The van der Waals surface area contributed by atoms with E-state index in [1.807, 2.05) is 127 Å². The summed E-state index contributed by atoms with van der Waals surface area (Å²) < 4.78 is 29.7. The van der Waals surface area contributed by atoms with E-state index in [0.29, 0.717) is 11.1 Å². The third kappa shape index (κ3) is 45.5. The Morgan fingerprint density at radius 3 is 0.963 bits per heavy atom. The van der Waals surface area contributed by atoms with E-state index in [1.165, 1.54) is 11.1 Å². The van der Waals surface area contributed by atoms with Crippen molar-refractivity contribution in [3.05, 3.63) is 154 Å². The summed E-state index contributed by atoms with van der Waals surface area (Å²) >= 11 is 0. The van der Waals surface area contributed by atoms with Crippen molar-refractivity contribution in [1.29, 1.82) is 0 Å². The van der Waals surface area contributed by atoms with E-state index in [2.05, 4.69) is 33.4 Å². The van der Waals surface area contributed by atoms with Crippen LogP contribution in [0, 0.1) is 0 Å². The first-order chi connectivity index (χ1) is 23.4. The van der Waals surface area contributed by atoms with Crippen molar-refractivity contribution in [2.75, 3.05) is 13.2 Å². The van der Waals surface area contributed by atoms with E-state index >= 15 is 0 Å². The maximum atomic E-state index is 10.6. The van der Waals surface area contributed by atoms with Crippen LogP contribution in [0.25, 0.3) is 0 Å². The zero-order chi connectivity index (χ0) is 38.0. The van der Waals surface area contributed by atoms with Gasteiger partial charge in [-0.1, -0.05) is 154 Å². The molecule has 0 aliphatic rings. The molecule has 0 rings (SSSR count). The molecule has 0 bridgehead atoms. The third-order valence-electron chi connectivity index (χ3n) is 6.71. The normalized spacial score (nSPS) is 15.0. The molecule has 54 heavy (non-hydrogen) atoms. The Balaban J connectivity index is -0.00000200. The number of rotatable bonds is 22. The van der Waals surface area contributed by atoms with Gasteiger partial charge in [-0.2, -0.15) is 0 Å². The summed E-state index contributed by atoms with van der Waals surface area (Å²) in [5.74, 6) is 0. The van der Waals surface area contributed by atoms with Crippen LogP contribution in [0.1, 0.15) is 81.1 Å². The van der Waals surface area contributed by atoms with E-state index in [-0.39, 0.29) is 131 Å².